The standard InChI is InChI=1S/C19H36.C11H20.C7H14.3C2H6/c1-6-15-8-7-14(2)13-18(15)16-9-11-17(12-10-16)19(3,4)5;1-8-3-4-10-6-9(2)7-11(10)5-8;1-4-6-7(3)5-2;3*1-2/h14-18H,6-13H2,1-5H3;8-11H,3-7H2,1-2H3;4,7H,1,5-6H2,2-3H3;3*1-2H3. The van der Waals surface area contributed by atoms with Crippen LogP contribution in [0.4, 0.5) is 0 Å². The zero-order valence-electron chi connectivity index (χ0n) is 33.2. The van der Waals surface area contributed by atoms with Gasteiger partial charge in [0.15, 0.2) is 0 Å². The molecule has 260 valence electrons. The Morgan fingerprint density at radius 1 is 0.628 bits per heavy atom. The zero-order valence-corrected chi connectivity index (χ0v) is 33.2. The third kappa shape index (κ3) is 17.9. The molecule has 4 saturated carbocycles. The van der Waals surface area contributed by atoms with Crippen LogP contribution >= 0.6 is 0 Å². The number of hydrogen-bond donors (Lipinski definition) is 0. The zero-order chi connectivity index (χ0) is 33.6. The highest BCUT2D eigenvalue weighted by Gasteiger charge is 2.38. The van der Waals surface area contributed by atoms with Gasteiger partial charge < -0.3 is 0 Å². The molecule has 0 heterocycles. The van der Waals surface area contributed by atoms with Crippen molar-refractivity contribution in [3.8, 4) is 0 Å². The van der Waals surface area contributed by atoms with E-state index in [0.717, 1.165) is 65.6 Å². The SMILES string of the molecule is C=CCC(C)CC.CC.CC.CC.CC1CCC2CC(C)CC2C1.CCC1CCC(C)CC1C1CCC(C(C)(C)C)CC1. The maximum atomic E-state index is 3.65. The lowest BCUT2D eigenvalue weighted by molar-refractivity contribution is 0.0641. The molecular weight excluding hydrogens is 516 g/mol. The van der Waals surface area contributed by atoms with Gasteiger partial charge in [0.05, 0.1) is 0 Å². The molecule has 0 aromatic carbocycles. The summed E-state index contributed by atoms with van der Waals surface area (Å²) in [7, 11) is 0. The fraction of sp³-hybridized carbons (Fsp3) is 0.953. The second-order valence-corrected chi connectivity index (χ2v) is 15.8. The van der Waals surface area contributed by atoms with Crippen LogP contribution in [0, 0.1) is 64.6 Å². The van der Waals surface area contributed by atoms with Crippen molar-refractivity contribution in [2.45, 2.75) is 200 Å². The van der Waals surface area contributed by atoms with Gasteiger partial charge in [-0.25, -0.2) is 0 Å². The molecule has 0 radical (unpaired) electrons. The van der Waals surface area contributed by atoms with Crippen LogP contribution in [0.3, 0.4) is 0 Å². The molecule has 43 heavy (non-hydrogen) atoms. The molecule has 0 aliphatic heterocycles. The molecule has 0 bridgehead atoms. The van der Waals surface area contributed by atoms with Crippen LogP contribution in [0.1, 0.15) is 200 Å². The summed E-state index contributed by atoms with van der Waals surface area (Å²) in [5.41, 5.74) is 0.537. The van der Waals surface area contributed by atoms with Crippen molar-refractivity contribution in [3.05, 3.63) is 12.7 Å². The van der Waals surface area contributed by atoms with Gasteiger partial charge in [0.25, 0.3) is 0 Å². The first kappa shape index (κ1) is 44.9. The first-order valence-corrected chi connectivity index (χ1v) is 20.1. The van der Waals surface area contributed by atoms with Crippen LogP contribution in [-0.2, 0) is 0 Å². The quantitative estimate of drug-likeness (QED) is 0.274. The van der Waals surface area contributed by atoms with Crippen molar-refractivity contribution in [1.29, 1.82) is 0 Å². The molecule has 0 nitrogen and oxygen atoms in total. The van der Waals surface area contributed by atoms with Crippen molar-refractivity contribution < 1.29 is 0 Å². The average molecular weight is 605 g/mol. The Hall–Kier alpha value is -0.260. The summed E-state index contributed by atoms with van der Waals surface area (Å²) in [5, 5.41) is 0. The Labute approximate surface area is 276 Å². The van der Waals surface area contributed by atoms with Crippen molar-refractivity contribution in [2.24, 2.45) is 64.6 Å². The highest BCUT2D eigenvalue weighted by atomic mass is 14.4. The maximum Gasteiger partial charge on any atom is -0.0328 e. The molecule has 0 aromatic rings. The molecule has 0 aromatic heterocycles. The molecule has 4 aliphatic rings. The molecule has 8 unspecified atom stereocenters. The highest BCUT2D eigenvalue weighted by molar-refractivity contribution is 4.88. The van der Waals surface area contributed by atoms with Crippen LogP contribution in [0.5, 0.6) is 0 Å². The van der Waals surface area contributed by atoms with Gasteiger partial charge in [-0.1, -0.05) is 136 Å². The molecule has 4 rings (SSSR count). The topological polar surface area (TPSA) is 0 Å². The molecule has 0 N–H and O–H groups in total. The summed E-state index contributed by atoms with van der Waals surface area (Å²) in [4.78, 5) is 0. The Kier molecular flexibility index (Phi) is 27.0. The van der Waals surface area contributed by atoms with E-state index >= 15 is 0 Å². The molecule has 8 atom stereocenters. The van der Waals surface area contributed by atoms with Gasteiger partial charge in [0, 0.05) is 0 Å². The summed E-state index contributed by atoms with van der Waals surface area (Å²) >= 11 is 0. The number of allylic oxidation sites excluding steroid dienone is 1. The predicted octanol–water partition coefficient (Wildman–Crippen LogP) is 15.5. The van der Waals surface area contributed by atoms with E-state index in [9.17, 15) is 0 Å². The van der Waals surface area contributed by atoms with Gasteiger partial charge in [-0.2, -0.15) is 0 Å². The molecule has 0 saturated heterocycles. The van der Waals surface area contributed by atoms with Crippen molar-refractivity contribution in [2.75, 3.05) is 0 Å². The van der Waals surface area contributed by atoms with Gasteiger partial charge in [0.1, 0.15) is 0 Å². The summed E-state index contributed by atoms with van der Waals surface area (Å²) in [5.74, 6) is 10.3. The Morgan fingerprint density at radius 2 is 1.09 bits per heavy atom. The minimum Gasteiger partial charge on any atom is -0.103 e. The van der Waals surface area contributed by atoms with E-state index in [2.05, 4.69) is 68.9 Å². The number of fused-ring (bicyclic) bond motifs is 1. The van der Waals surface area contributed by atoms with Crippen LogP contribution in [0.25, 0.3) is 0 Å². The minimum absolute atomic E-state index is 0.537. The monoisotopic (exact) mass is 605 g/mol. The Bertz CT molecular complexity index is 602. The van der Waals surface area contributed by atoms with E-state index in [1.54, 1.807) is 0 Å². The molecule has 0 heteroatoms. The Morgan fingerprint density at radius 3 is 1.56 bits per heavy atom. The van der Waals surface area contributed by atoms with E-state index in [-0.39, 0.29) is 0 Å². The van der Waals surface area contributed by atoms with Crippen molar-refractivity contribution >= 4 is 0 Å². The minimum atomic E-state index is 0.537. The van der Waals surface area contributed by atoms with Crippen LogP contribution in [0.15, 0.2) is 12.7 Å². The molecule has 0 spiro atoms. The van der Waals surface area contributed by atoms with E-state index in [0.29, 0.717) is 5.41 Å². The number of hydrogen-bond acceptors (Lipinski definition) is 0. The van der Waals surface area contributed by atoms with Gasteiger partial charge >= 0.3 is 0 Å². The summed E-state index contributed by atoms with van der Waals surface area (Å²) in [6.45, 7) is 37.2. The molecule has 4 fully saturated rings. The van der Waals surface area contributed by atoms with Gasteiger partial charge in [-0.05, 0) is 135 Å². The molecule has 4 aliphatic carbocycles. The first-order chi connectivity index (χ1) is 20.5. The Balaban J connectivity index is 0. The van der Waals surface area contributed by atoms with E-state index in [1.807, 2.05) is 47.6 Å². The van der Waals surface area contributed by atoms with E-state index < -0.39 is 0 Å². The lowest BCUT2D eigenvalue weighted by atomic mass is 9.61. The van der Waals surface area contributed by atoms with E-state index in [4.69, 9.17) is 0 Å². The van der Waals surface area contributed by atoms with Crippen LogP contribution in [-0.4, -0.2) is 0 Å². The second kappa shape index (κ2) is 25.9. The summed E-state index contributed by atoms with van der Waals surface area (Å²) in [6.07, 6.45) is 24.1. The first-order valence-electron chi connectivity index (χ1n) is 20.1. The van der Waals surface area contributed by atoms with Gasteiger partial charge in [0.2, 0.25) is 0 Å². The average Bonchev–Trinajstić information content (AvgIpc) is 3.39. The maximum absolute atomic E-state index is 3.65. The molecular formula is C43H88. The van der Waals surface area contributed by atoms with Crippen LogP contribution in [0.2, 0.25) is 0 Å². The second-order valence-electron chi connectivity index (χ2n) is 15.8. The molecule has 0 amide bonds. The lowest BCUT2D eigenvalue weighted by Gasteiger charge is -2.44. The summed E-state index contributed by atoms with van der Waals surface area (Å²) < 4.78 is 0. The smallest absolute Gasteiger partial charge is 0.0328 e. The summed E-state index contributed by atoms with van der Waals surface area (Å²) in [6, 6.07) is 0. The third-order valence-electron chi connectivity index (χ3n) is 11.5. The predicted molar refractivity (Wildman–Crippen MR) is 202 cm³/mol. The van der Waals surface area contributed by atoms with Crippen molar-refractivity contribution in [1.82, 2.24) is 0 Å². The van der Waals surface area contributed by atoms with Crippen molar-refractivity contribution in [3.63, 3.8) is 0 Å². The van der Waals surface area contributed by atoms with Crippen LogP contribution < -0.4 is 0 Å². The normalized spacial score (nSPS) is 33.8. The largest absolute Gasteiger partial charge is 0.103 e. The van der Waals surface area contributed by atoms with E-state index in [1.165, 1.54) is 89.9 Å². The lowest BCUT2D eigenvalue weighted by Crippen LogP contribution is -2.34. The fourth-order valence-electron chi connectivity index (χ4n) is 8.73. The van der Waals surface area contributed by atoms with Gasteiger partial charge in [-0.15, -0.1) is 6.58 Å². The third-order valence-corrected chi connectivity index (χ3v) is 11.5. The van der Waals surface area contributed by atoms with Gasteiger partial charge in [-0.3, -0.25) is 0 Å². The number of rotatable bonds is 5. The highest BCUT2D eigenvalue weighted by Crippen LogP contribution is 2.48. The fourth-order valence-corrected chi connectivity index (χ4v) is 8.73.